The Morgan fingerprint density at radius 1 is 0.964 bits per heavy atom. The SMILES string of the molecule is Cc1c([C@@H](C)NCc2cnn(-c3ccc(F)cc3)c2)cnn1-c1ccccc1. The maximum Gasteiger partial charge on any atom is 0.123 e. The molecule has 0 amide bonds. The molecule has 0 fully saturated rings. The summed E-state index contributed by atoms with van der Waals surface area (Å²) in [5.74, 6) is -0.252. The van der Waals surface area contributed by atoms with Crippen molar-refractivity contribution in [2.75, 3.05) is 0 Å². The first kappa shape index (κ1) is 18.1. The third-order valence-corrected chi connectivity index (χ3v) is 4.85. The standard InChI is InChI=1S/C22H22FN5/c1-16(22-14-26-28(17(22)2)21-6-4-3-5-7-21)24-12-18-13-25-27(15-18)20-10-8-19(23)9-11-20/h3-11,13-16,24H,12H2,1-2H3/t16-/m1/s1. The number of nitrogens with zero attached hydrogens (tertiary/aromatic N) is 4. The van der Waals surface area contributed by atoms with Gasteiger partial charge in [0.15, 0.2) is 0 Å². The predicted molar refractivity (Wildman–Crippen MR) is 107 cm³/mol. The van der Waals surface area contributed by atoms with Crippen molar-refractivity contribution in [1.29, 1.82) is 0 Å². The topological polar surface area (TPSA) is 47.7 Å². The molecule has 0 bridgehead atoms. The van der Waals surface area contributed by atoms with Crippen LogP contribution in [-0.2, 0) is 6.54 Å². The monoisotopic (exact) mass is 375 g/mol. The lowest BCUT2D eigenvalue weighted by Crippen LogP contribution is -2.18. The summed E-state index contributed by atoms with van der Waals surface area (Å²) in [7, 11) is 0. The molecule has 2 heterocycles. The van der Waals surface area contributed by atoms with Gasteiger partial charge >= 0.3 is 0 Å². The Labute approximate surface area is 163 Å². The van der Waals surface area contributed by atoms with Gasteiger partial charge in [0.2, 0.25) is 0 Å². The van der Waals surface area contributed by atoms with E-state index in [2.05, 4.69) is 29.4 Å². The largest absolute Gasteiger partial charge is 0.306 e. The van der Waals surface area contributed by atoms with Crippen LogP contribution in [0.2, 0.25) is 0 Å². The third-order valence-electron chi connectivity index (χ3n) is 4.85. The summed E-state index contributed by atoms with van der Waals surface area (Å²) in [6.07, 6.45) is 5.69. The number of aromatic nitrogens is 4. The zero-order valence-electron chi connectivity index (χ0n) is 15.9. The molecule has 0 saturated heterocycles. The zero-order valence-corrected chi connectivity index (χ0v) is 15.9. The quantitative estimate of drug-likeness (QED) is 0.545. The summed E-state index contributed by atoms with van der Waals surface area (Å²) < 4.78 is 16.8. The molecule has 2 aromatic heterocycles. The number of hydrogen-bond donors (Lipinski definition) is 1. The zero-order chi connectivity index (χ0) is 19.5. The van der Waals surface area contributed by atoms with Gasteiger partial charge in [-0.05, 0) is 50.2 Å². The molecule has 0 spiro atoms. The van der Waals surface area contributed by atoms with Gasteiger partial charge < -0.3 is 5.32 Å². The van der Waals surface area contributed by atoms with Crippen molar-refractivity contribution < 1.29 is 4.39 Å². The second-order valence-electron chi connectivity index (χ2n) is 6.80. The van der Waals surface area contributed by atoms with Gasteiger partial charge in [0.25, 0.3) is 0 Å². The van der Waals surface area contributed by atoms with Crippen molar-refractivity contribution in [1.82, 2.24) is 24.9 Å². The summed E-state index contributed by atoms with van der Waals surface area (Å²) in [6.45, 7) is 4.89. The first-order chi connectivity index (χ1) is 13.6. The molecule has 2 aromatic carbocycles. The molecule has 6 heteroatoms. The maximum absolute atomic E-state index is 13.1. The van der Waals surface area contributed by atoms with Gasteiger partial charge in [0.05, 0.1) is 23.8 Å². The Morgan fingerprint density at radius 2 is 1.71 bits per heavy atom. The lowest BCUT2D eigenvalue weighted by Gasteiger charge is -2.13. The molecule has 0 aliphatic rings. The van der Waals surface area contributed by atoms with E-state index in [9.17, 15) is 4.39 Å². The smallest absolute Gasteiger partial charge is 0.123 e. The number of rotatable bonds is 6. The van der Waals surface area contributed by atoms with Crippen LogP contribution in [-0.4, -0.2) is 19.6 Å². The molecule has 4 aromatic rings. The molecule has 142 valence electrons. The fourth-order valence-corrected chi connectivity index (χ4v) is 3.24. The summed E-state index contributed by atoms with van der Waals surface area (Å²) >= 11 is 0. The number of benzene rings is 2. The highest BCUT2D eigenvalue weighted by molar-refractivity contribution is 5.35. The molecule has 0 aliphatic heterocycles. The second-order valence-corrected chi connectivity index (χ2v) is 6.80. The Morgan fingerprint density at radius 3 is 2.46 bits per heavy atom. The van der Waals surface area contributed by atoms with Gasteiger partial charge in [0, 0.05) is 35.6 Å². The van der Waals surface area contributed by atoms with Crippen molar-refractivity contribution in [3.05, 3.63) is 95.8 Å². The normalized spacial score (nSPS) is 12.2. The summed E-state index contributed by atoms with van der Waals surface area (Å²) in [6, 6.07) is 16.6. The van der Waals surface area contributed by atoms with Crippen LogP contribution in [0.5, 0.6) is 0 Å². The van der Waals surface area contributed by atoms with Crippen LogP contribution < -0.4 is 5.32 Å². The molecule has 0 radical (unpaired) electrons. The molecule has 0 saturated carbocycles. The van der Waals surface area contributed by atoms with Gasteiger partial charge in [0.1, 0.15) is 5.82 Å². The molecule has 0 unspecified atom stereocenters. The second kappa shape index (κ2) is 7.78. The lowest BCUT2D eigenvalue weighted by molar-refractivity contribution is 0.571. The van der Waals surface area contributed by atoms with Crippen molar-refractivity contribution in [2.24, 2.45) is 0 Å². The van der Waals surface area contributed by atoms with Gasteiger partial charge in [-0.15, -0.1) is 0 Å². The Kier molecular flexibility index (Phi) is 5.04. The molecule has 0 aliphatic carbocycles. The summed E-state index contributed by atoms with van der Waals surface area (Å²) in [4.78, 5) is 0. The third kappa shape index (κ3) is 3.73. The molecule has 1 atom stereocenters. The first-order valence-corrected chi connectivity index (χ1v) is 9.24. The van der Waals surface area contributed by atoms with E-state index in [0.29, 0.717) is 6.54 Å². The van der Waals surface area contributed by atoms with E-state index >= 15 is 0 Å². The fourth-order valence-electron chi connectivity index (χ4n) is 3.24. The lowest BCUT2D eigenvalue weighted by atomic mass is 10.1. The molecular weight excluding hydrogens is 353 g/mol. The van der Waals surface area contributed by atoms with Gasteiger partial charge in [-0.1, -0.05) is 18.2 Å². The molecule has 1 N–H and O–H groups in total. The van der Waals surface area contributed by atoms with Crippen LogP contribution in [0.1, 0.15) is 29.8 Å². The van der Waals surface area contributed by atoms with Crippen LogP contribution in [0.3, 0.4) is 0 Å². The highest BCUT2D eigenvalue weighted by atomic mass is 19.1. The highest BCUT2D eigenvalue weighted by Crippen LogP contribution is 2.20. The minimum Gasteiger partial charge on any atom is -0.306 e. The summed E-state index contributed by atoms with van der Waals surface area (Å²) in [5.41, 5.74) is 5.23. The number of nitrogens with one attached hydrogen (secondary N) is 1. The van der Waals surface area contributed by atoms with Crippen molar-refractivity contribution in [2.45, 2.75) is 26.4 Å². The van der Waals surface area contributed by atoms with E-state index in [4.69, 9.17) is 0 Å². The van der Waals surface area contributed by atoms with Crippen molar-refractivity contribution >= 4 is 0 Å². The fraction of sp³-hybridized carbons (Fsp3) is 0.182. The highest BCUT2D eigenvalue weighted by Gasteiger charge is 2.14. The Bertz CT molecular complexity index is 1050. The molecule has 5 nitrogen and oxygen atoms in total. The molecular formula is C22H22FN5. The van der Waals surface area contributed by atoms with Crippen LogP contribution in [0, 0.1) is 12.7 Å². The minimum absolute atomic E-state index is 0.145. The average molecular weight is 375 g/mol. The van der Waals surface area contributed by atoms with E-state index in [-0.39, 0.29) is 11.9 Å². The summed E-state index contributed by atoms with van der Waals surface area (Å²) in [5, 5.41) is 12.4. The van der Waals surface area contributed by atoms with E-state index < -0.39 is 0 Å². The molecule has 4 rings (SSSR count). The average Bonchev–Trinajstić information content (AvgIpc) is 3.34. The number of hydrogen-bond acceptors (Lipinski definition) is 3. The van der Waals surface area contributed by atoms with Gasteiger partial charge in [-0.25, -0.2) is 13.8 Å². The first-order valence-electron chi connectivity index (χ1n) is 9.24. The van der Waals surface area contributed by atoms with Crippen LogP contribution >= 0.6 is 0 Å². The van der Waals surface area contributed by atoms with E-state index in [1.165, 1.54) is 12.1 Å². The predicted octanol–water partition coefficient (Wildman–Crippen LogP) is 4.36. The van der Waals surface area contributed by atoms with Crippen LogP contribution in [0.4, 0.5) is 4.39 Å². The van der Waals surface area contributed by atoms with Crippen LogP contribution in [0.25, 0.3) is 11.4 Å². The maximum atomic E-state index is 13.1. The van der Waals surface area contributed by atoms with Gasteiger partial charge in [-0.2, -0.15) is 10.2 Å². The van der Waals surface area contributed by atoms with E-state index in [1.54, 1.807) is 16.8 Å². The van der Waals surface area contributed by atoms with Crippen molar-refractivity contribution in [3.8, 4) is 11.4 Å². The van der Waals surface area contributed by atoms with E-state index in [0.717, 1.165) is 28.2 Å². The van der Waals surface area contributed by atoms with Crippen molar-refractivity contribution in [3.63, 3.8) is 0 Å². The molecule has 28 heavy (non-hydrogen) atoms. The number of halogens is 1. The Balaban J connectivity index is 1.43. The van der Waals surface area contributed by atoms with Gasteiger partial charge in [-0.3, -0.25) is 0 Å². The number of para-hydroxylation sites is 1. The van der Waals surface area contributed by atoms with Crippen LogP contribution in [0.15, 0.2) is 73.2 Å². The minimum atomic E-state index is -0.252. The Hall–Kier alpha value is -3.25. The van der Waals surface area contributed by atoms with E-state index in [1.807, 2.05) is 53.6 Å².